The van der Waals surface area contributed by atoms with Gasteiger partial charge in [0, 0.05) is 12.6 Å². The molecule has 0 spiro atoms. The van der Waals surface area contributed by atoms with Crippen molar-refractivity contribution in [3.63, 3.8) is 0 Å². The van der Waals surface area contributed by atoms with Crippen LogP contribution >= 0.6 is 0 Å². The van der Waals surface area contributed by atoms with Gasteiger partial charge < -0.3 is 24.6 Å². The monoisotopic (exact) mass is 267 g/mol. The minimum Gasteiger partial charge on any atom is -0.493 e. The van der Waals surface area contributed by atoms with Crippen molar-refractivity contribution in [1.82, 2.24) is 5.32 Å². The molecule has 2 rings (SSSR count). The Bertz CT molecular complexity index is 401. The van der Waals surface area contributed by atoms with Gasteiger partial charge in [-0.05, 0) is 24.1 Å². The van der Waals surface area contributed by atoms with Crippen molar-refractivity contribution in [2.24, 2.45) is 0 Å². The van der Waals surface area contributed by atoms with E-state index in [4.69, 9.17) is 19.3 Å². The molecule has 0 aliphatic carbocycles. The second-order valence-corrected chi connectivity index (χ2v) is 4.49. The van der Waals surface area contributed by atoms with Crippen LogP contribution in [0.3, 0.4) is 0 Å². The normalized spacial score (nSPS) is 15.1. The molecule has 106 valence electrons. The van der Waals surface area contributed by atoms with Gasteiger partial charge in [-0.3, -0.25) is 0 Å². The number of nitrogens with one attached hydrogen (secondary N) is 1. The molecule has 0 fully saturated rings. The Morgan fingerprint density at radius 3 is 2.84 bits per heavy atom. The van der Waals surface area contributed by atoms with Crippen molar-refractivity contribution in [2.75, 3.05) is 26.9 Å². The zero-order valence-corrected chi connectivity index (χ0v) is 11.4. The summed E-state index contributed by atoms with van der Waals surface area (Å²) in [5.41, 5.74) is 1.05. The van der Waals surface area contributed by atoms with Gasteiger partial charge in [0.25, 0.3) is 0 Å². The molecule has 0 radical (unpaired) electrons. The lowest BCUT2D eigenvalue weighted by atomic mass is 10.1. The number of fused-ring (bicyclic) bond motifs is 1. The van der Waals surface area contributed by atoms with Gasteiger partial charge in [-0.2, -0.15) is 0 Å². The molecule has 0 saturated heterocycles. The quantitative estimate of drug-likeness (QED) is 0.814. The predicted molar refractivity (Wildman–Crippen MR) is 72.0 cm³/mol. The summed E-state index contributed by atoms with van der Waals surface area (Å²) in [5.74, 6) is 2.08. The van der Waals surface area contributed by atoms with Crippen LogP contribution in [-0.4, -0.2) is 38.1 Å². The maximum absolute atomic E-state index is 9.16. The second kappa shape index (κ2) is 6.63. The average Bonchev–Trinajstić information content (AvgIpc) is 2.47. The summed E-state index contributed by atoms with van der Waals surface area (Å²) in [6.07, 6.45) is 0.887. The number of rotatable bonds is 6. The van der Waals surface area contributed by atoms with Gasteiger partial charge in [-0.25, -0.2) is 0 Å². The summed E-state index contributed by atoms with van der Waals surface area (Å²) in [4.78, 5) is 0. The van der Waals surface area contributed by atoms with Crippen LogP contribution in [0.2, 0.25) is 0 Å². The Kier molecular flexibility index (Phi) is 4.87. The Morgan fingerprint density at radius 1 is 1.37 bits per heavy atom. The Morgan fingerprint density at radius 2 is 2.16 bits per heavy atom. The summed E-state index contributed by atoms with van der Waals surface area (Å²) in [7, 11) is 1.62. The van der Waals surface area contributed by atoms with E-state index in [-0.39, 0.29) is 12.6 Å². The Balaban J connectivity index is 2.13. The lowest BCUT2D eigenvalue weighted by Crippen LogP contribution is -2.31. The highest BCUT2D eigenvalue weighted by molar-refractivity contribution is 5.54. The van der Waals surface area contributed by atoms with Gasteiger partial charge in [0.15, 0.2) is 11.5 Å². The van der Waals surface area contributed by atoms with Gasteiger partial charge in [0.05, 0.1) is 13.7 Å². The maximum Gasteiger partial charge on any atom is 0.203 e. The fraction of sp³-hybridized carbons (Fsp3) is 0.571. The topological polar surface area (TPSA) is 60.0 Å². The third kappa shape index (κ3) is 3.30. The highest BCUT2D eigenvalue weighted by Gasteiger charge is 2.18. The van der Waals surface area contributed by atoms with Gasteiger partial charge in [-0.15, -0.1) is 0 Å². The van der Waals surface area contributed by atoms with E-state index in [9.17, 15) is 0 Å². The molecule has 1 aliphatic rings. The van der Waals surface area contributed by atoms with E-state index < -0.39 is 0 Å². The van der Waals surface area contributed by atoms with Crippen LogP contribution < -0.4 is 19.5 Å². The van der Waals surface area contributed by atoms with Crippen molar-refractivity contribution in [1.29, 1.82) is 0 Å². The average molecular weight is 267 g/mol. The molecule has 5 nitrogen and oxygen atoms in total. The van der Waals surface area contributed by atoms with Crippen LogP contribution in [-0.2, 0) is 6.54 Å². The largest absolute Gasteiger partial charge is 0.493 e. The molecule has 1 aliphatic heterocycles. The third-order valence-corrected chi connectivity index (χ3v) is 3.20. The van der Waals surface area contributed by atoms with Gasteiger partial charge >= 0.3 is 0 Å². The van der Waals surface area contributed by atoms with Crippen LogP contribution in [0.5, 0.6) is 17.2 Å². The molecule has 2 N–H and O–H groups in total. The molecule has 1 aromatic rings. The number of hydrogen-bond acceptors (Lipinski definition) is 5. The summed E-state index contributed by atoms with van der Waals surface area (Å²) < 4.78 is 16.5. The number of ether oxygens (including phenoxy) is 3. The molecule has 0 bridgehead atoms. The minimum atomic E-state index is 0.110. The first-order chi connectivity index (χ1) is 9.28. The minimum absolute atomic E-state index is 0.110. The first-order valence-corrected chi connectivity index (χ1v) is 6.59. The summed E-state index contributed by atoms with van der Waals surface area (Å²) in [6, 6.07) is 4.00. The standard InChI is InChI=1S/C14H21NO4/c1-3-11(9-16)15-8-10-6-12(17-2)14-13(7-10)18-4-5-19-14/h6-7,11,15-16H,3-5,8-9H2,1-2H3/t11-/m1/s1. The van der Waals surface area contributed by atoms with Crippen LogP contribution in [0, 0.1) is 0 Å². The number of hydrogen-bond donors (Lipinski definition) is 2. The summed E-state index contributed by atoms with van der Waals surface area (Å²) in [5, 5.41) is 12.5. The highest BCUT2D eigenvalue weighted by atomic mass is 16.6. The highest BCUT2D eigenvalue weighted by Crippen LogP contribution is 2.40. The molecule has 1 aromatic carbocycles. The third-order valence-electron chi connectivity index (χ3n) is 3.20. The lowest BCUT2D eigenvalue weighted by Gasteiger charge is -2.22. The summed E-state index contributed by atoms with van der Waals surface area (Å²) in [6.45, 7) is 3.94. The molecule has 1 atom stereocenters. The molecule has 0 amide bonds. The molecule has 5 heteroatoms. The molecular formula is C14H21NO4. The van der Waals surface area contributed by atoms with E-state index in [1.165, 1.54) is 0 Å². The van der Waals surface area contributed by atoms with E-state index in [0.29, 0.717) is 31.3 Å². The lowest BCUT2D eigenvalue weighted by molar-refractivity contribution is 0.165. The summed E-state index contributed by atoms with van der Waals surface area (Å²) >= 11 is 0. The van der Waals surface area contributed by atoms with Crippen molar-refractivity contribution < 1.29 is 19.3 Å². The maximum atomic E-state index is 9.16. The number of benzene rings is 1. The molecule has 0 saturated carbocycles. The van der Waals surface area contributed by atoms with E-state index >= 15 is 0 Å². The molecule has 0 aromatic heterocycles. The van der Waals surface area contributed by atoms with E-state index in [1.807, 2.05) is 19.1 Å². The molecule has 1 heterocycles. The van der Waals surface area contributed by atoms with Crippen molar-refractivity contribution in [3.8, 4) is 17.2 Å². The van der Waals surface area contributed by atoms with Crippen LogP contribution in [0.4, 0.5) is 0 Å². The van der Waals surface area contributed by atoms with Crippen molar-refractivity contribution in [2.45, 2.75) is 25.9 Å². The van der Waals surface area contributed by atoms with E-state index in [2.05, 4.69) is 5.32 Å². The van der Waals surface area contributed by atoms with Crippen LogP contribution in [0.15, 0.2) is 12.1 Å². The number of aliphatic hydroxyl groups excluding tert-OH is 1. The Labute approximate surface area is 113 Å². The molecule has 19 heavy (non-hydrogen) atoms. The fourth-order valence-corrected chi connectivity index (χ4v) is 2.03. The molecule has 0 unspecified atom stereocenters. The van der Waals surface area contributed by atoms with Crippen molar-refractivity contribution >= 4 is 0 Å². The van der Waals surface area contributed by atoms with Gasteiger partial charge in [0.1, 0.15) is 13.2 Å². The van der Waals surface area contributed by atoms with Crippen LogP contribution in [0.1, 0.15) is 18.9 Å². The van der Waals surface area contributed by atoms with Gasteiger partial charge in [-0.1, -0.05) is 6.92 Å². The predicted octanol–water partition coefficient (Wildman–Crippen LogP) is 1.33. The second-order valence-electron chi connectivity index (χ2n) is 4.49. The molecular weight excluding hydrogens is 246 g/mol. The van der Waals surface area contributed by atoms with Crippen LogP contribution in [0.25, 0.3) is 0 Å². The van der Waals surface area contributed by atoms with E-state index in [0.717, 1.165) is 17.7 Å². The Hall–Kier alpha value is -1.46. The first-order valence-electron chi connectivity index (χ1n) is 6.59. The van der Waals surface area contributed by atoms with Crippen molar-refractivity contribution in [3.05, 3.63) is 17.7 Å². The number of methoxy groups -OCH3 is 1. The first kappa shape index (κ1) is 14.0. The number of aliphatic hydroxyl groups is 1. The fourth-order valence-electron chi connectivity index (χ4n) is 2.03. The van der Waals surface area contributed by atoms with E-state index in [1.54, 1.807) is 7.11 Å². The van der Waals surface area contributed by atoms with Gasteiger partial charge in [0.2, 0.25) is 5.75 Å². The SMILES string of the molecule is CC[C@H](CO)NCc1cc(OC)c2c(c1)OCCO2. The smallest absolute Gasteiger partial charge is 0.203 e. The zero-order chi connectivity index (χ0) is 13.7. The zero-order valence-electron chi connectivity index (χ0n) is 11.4.